The minimum Gasteiger partial charge on any atom is -0.257 e. The van der Waals surface area contributed by atoms with Crippen molar-refractivity contribution in [2.24, 2.45) is 9.98 Å². The van der Waals surface area contributed by atoms with Gasteiger partial charge in [-0.25, -0.2) is 0 Å². The summed E-state index contributed by atoms with van der Waals surface area (Å²) in [6.45, 7) is 21.3. The Kier molecular flexibility index (Phi) is 9.55. The summed E-state index contributed by atoms with van der Waals surface area (Å²) in [6, 6.07) is 12.5. The Morgan fingerprint density at radius 2 is 0.857 bits per heavy atom. The van der Waals surface area contributed by atoms with Gasteiger partial charge in [0.2, 0.25) is 0 Å². The minimum absolute atomic E-state index is 0.267. The average molecular weight is 469 g/mol. The van der Waals surface area contributed by atoms with E-state index in [0.29, 0.717) is 17.5 Å². The second-order valence-electron chi connectivity index (χ2n) is 10.7. The molecule has 0 aliphatic rings. The van der Waals surface area contributed by atoms with E-state index >= 15 is 0 Å². The van der Waals surface area contributed by atoms with Crippen molar-refractivity contribution in [2.45, 2.75) is 99.3 Å². The highest BCUT2D eigenvalue weighted by Gasteiger charge is 2.18. The van der Waals surface area contributed by atoms with E-state index in [0.717, 1.165) is 45.1 Å². The van der Waals surface area contributed by atoms with Crippen LogP contribution in [0.1, 0.15) is 133 Å². The first-order valence-corrected chi connectivity index (χ1v) is 12.6. The summed E-state index contributed by atoms with van der Waals surface area (Å²) in [5.41, 5.74) is 9.78. The predicted octanol–water partition coefficient (Wildman–Crippen LogP) is 9.20. The summed E-state index contributed by atoms with van der Waals surface area (Å²) in [6.07, 6.45) is 0.657. The monoisotopic (exact) mass is 468 g/mol. The first kappa shape index (κ1) is 28.0. The molecule has 2 rings (SSSR count). The Balaban J connectivity index is 2.58. The van der Waals surface area contributed by atoms with Crippen LogP contribution in [0.25, 0.3) is 0 Å². The van der Waals surface area contributed by atoms with E-state index in [-0.39, 0.29) is 23.7 Å². The van der Waals surface area contributed by atoms with Gasteiger partial charge in [0.1, 0.15) is 0 Å². The Bertz CT molecular complexity index is 1060. The molecule has 0 spiro atoms. The highest BCUT2D eigenvalue weighted by atomic mass is 14.8. The van der Waals surface area contributed by atoms with Crippen LogP contribution in [-0.4, -0.2) is 11.4 Å². The average Bonchev–Trinajstić information content (AvgIpc) is 2.78. The molecule has 0 atom stereocenters. The standard InChI is InChI=1S/C31H40N4/c1-18(2)26-12-24(16-32)13-27(19(3)4)30(26)34-22(9)11-23(10)35-31-28(20(5)6)14-25(17-33)15-29(31)21(7)8/h12-15,18-21H,11H2,1-10H3. The number of aliphatic imine (C=N–C) groups is 2. The molecule has 0 fully saturated rings. The smallest absolute Gasteiger partial charge is 0.0991 e. The van der Waals surface area contributed by atoms with E-state index in [1.807, 2.05) is 24.3 Å². The minimum atomic E-state index is 0.267. The van der Waals surface area contributed by atoms with Crippen LogP contribution in [0.4, 0.5) is 11.4 Å². The molecule has 0 saturated heterocycles. The number of nitrogens with zero attached hydrogens (tertiary/aromatic N) is 4. The summed E-state index contributed by atoms with van der Waals surface area (Å²) in [7, 11) is 0. The van der Waals surface area contributed by atoms with Gasteiger partial charge in [0.05, 0.1) is 34.6 Å². The molecular formula is C31H40N4. The Morgan fingerprint density at radius 1 is 0.600 bits per heavy atom. The van der Waals surface area contributed by atoms with Crippen LogP contribution in [-0.2, 0) is 0 Å². The summed E-state index contributed by atoms with van der Waals surface area (Å²) in [5.74, 6) is 1.07. The molecule has 0 radical (unpaired) electrons. The first-order chi connectivity index (χ1) is 16.4. The molecule has 0 saturated carbocycles. The fraction of sp³-hybridized carbons (Fsp3) is 0.484. The van der Waals surface area contributed by atoms with E-state index in [9.17, 15) is 10.5 Å². The van der Waals surface area contributed by atoms with Crippen molar-refractivity contribution in [3.63, 3.8) is 0 Å². The van der Waals surface area contributed by atoms with Crippen LogP contribution in [0.2, 0.25) is 0 Å². The maximum atomic E-state index is 9.52. The number of rotatable bonds is 8. The third-order valence-corrected chi connectivity index (χ3v) is 6.20. The predicted molar refractivity (Wildman–Crippen MR) is 149 cm³/mol. The SMILES string of the molecule is CC(CC(C)=Nc1c(C(C)C)cc(C#N)cc1C(C)C)=Nc1c(C(C)C)cc(C#N)cc1C(C)C. The fourth-order valence-electron chi connectivity index (χ4n) is 4.34. The van der Waals surface area contributed by atoms with Gasteiger partial charge in [-0.2, -0.15) is 10.5 Å². The van der Waals surface area contributed by atoms with Crippen LogP contribution in [0.5, 0.6) is 0 Å². The number of hydrogen-bond donors (Lipinski definition) is 0. The van der Waals surface area contributed by atoms with E-state index < -0.39 is 0 Å². The van der Waals surface area contributed by atoms with Gasteiger partial charge in [0.25, 0.3) is 0 Å². The van der Waals surface area contributed by atoms with Gasteiger partial charge < -0.3 is 0 Å². The Labute approximate surface area is 212 Å². The molecule has 184 valence electrons. The van der Waals surface area contributed by atoms with Crippen molar-refractivity contribution in [1.29, 1.82) is 10.5 Å². The van der Waals surface area contributed by atoms with E-state index in [1.54, 1.807) is 0 Å². The van der Waals surface area contributed by atoms with Gasteiger partial charge in [-0.05, 0) is 84.0 Å². The van der Waals surface area contributed by atoms with Crippen molar-refractivity contribution < 1.29 is 0 Å². The number of nitriles is 2. The molecule has 4 heteroatoms. The quantitative estimate of drug-likeness (QED) is 0.362. The molecule has 0 bridgehead atoms. The molecule has 0 aliphatic heterocycles. The van der Waals surface area contributed by atoms with Gasteiger partial charge in [0.15, 0.2) is 0 Å². The van der Waals surface area contributed by atoms with Gasteiger partial charge in [-0.1, -0.05) is 55.4 Å². The molecule has 0 aliphatic carbocycles. The lowest BCUT2D eigenvalue weighted by molar-refractivity contribution is 0.833. The van der Waals surface area contributed by atoms with Crippen LogP contribution in [0.15, 0.2) is 34.3 Å². The van der Waals surface area contributed by atoms with Crippen LogP contribution in [0.3, 0.4) is 0 Å². The van der Waals surface area contributed by atoms with E-state index in [1.165, 1.54) is 0 Å². The summed E-state index contributed by atoms with van der Waals surface area (Å²) >= 11 is 0. The molecule has 0 heterocycles. The number of hydrogen-bond acceptors (Lipinski definition) is 4. The third-order valence-electron chi connectivity index (χ3n) is 6.20. The molecule has 0 unspecified atom stereocenters. The molecular weight excluding hydrogens is 428 g/mol. The second-order valence-corrected chi connectivity index (χ2v) is 10.7. The molecule has 2 aromatic carbocycles. The van der Waals surface area contributed by atoms with Crippen LogP contribution >= 0.6 is 0 Å². The molecule has 0 amide bonds. The molecule has 4 nitrogen and oxygen atoms in total. The zero-order valence-electron chi connectivity index (χ0n) is 23.1. The Hall–Kier alpha value is -3.24. The van der Waals surface area contributed by atoms with Crippen molar-refractivity contribution in [2.75, 3.05) is 0 Å². The normalized spacial score (nSPS) is 12.6. The summed E-state index contributed by atoms with van der Waals surface area (Å²) < 4.78 is 0. The highest BCUT2D eigenvalue weighted by molar-refractivity contribution is 6.04. The van der Waals surface area contributed by atoms with E-state index in [4.69, 9.17) is 9.98 Å². The third kappa shape index (κ3) is 6.89. The van der Waals surface area contributed by atoms with Crippen molar-refractivity contribution in [1.82, 2.24) is 0 Å². The van der Waals surface area contributed by atoms with Crippen LogP contribution < -0.4 is 0 Å². The topological polar surface area (TPSA) is 72.3 Å². The molecule has 0 N–H and O–H groups in total. The van der Waals surface area contributed by atoms with Gasteiger partial charge in [-0.3, -0.25) is 9.98 Å². The van der Waals surface area contributed by atoms with Gasteiger partial charge in [-0.15, -0.1) is 0 Å². The zero-order chi connectivity index (χ0) is 26.4. The zero-order valence-corrected chi connectivity index (χ0v) is 23.1. The summed E-state index contributed by atoms with van der Waals surface area (Å²) in [5, 5.41) is 19.0. The van der Waals surface area contributed by atoms with Gasteiger partial charge >= 0.3 is 0 Å². The van der Waals surface area contributed by atoms with E-state index in [2.05, 4.69) is 81.4 Å². The molecule has 35 heavy (non-hydrogen) atoms. The van der Waals surface area contributed by atoms with Crippen LogP contribution in [0, 0.1) is 22.7 Å². The molecule has 2 aromatic rings. The van der Waals surface area contributed by atoms with Crippen molar-refractivity contribution in [3.8, 4) is 12.1 Å². The largest absolute Gasteiger partial charge is 0.257 e. The second kappa shape index (κ2) is 11.9. The van der Waals surface area contributed by atoms with Gasteiger partial charge in [0, 0.05) is 17.8 Å². The van der Waals surface area contributed by atoms with Crippen molar-refractivity contribution >= 4 is 22.8 Å². The first-order valence-electron chi connectivity index (χ1n) is 12.6. The van der Waals surface area contributed by atoms with Crippen molar-refractivity contribution in [3.05, 3.63) is 57.6 Å². The molecule has 0 aromatic heterocycles. The summed E-state index contributed by atoms with van der Waals surface area (Å²) in [4.78, 5) is 10.2. The number of benzene rings is 2. The highest BCUT2D eigenvalue weighted by Crippen LogP contribution is 2.38. The maximum Gasteiger partial charge on any atom is 0.0991 e. The maximum absolute atomic E-state index is 9.52. The fourth-order valence-corrected chi connectivity index (χ4v) is 4.34. The lowest BCUT2D eigenvalue weighted by Gasteiger charge is -2.19. The lowest BCUT2D eigenvalue weighted by Crippen LogP contribution is -2.04. The lowest BCUT2D eigenvalue weighted by atomic mass is 9.90. The Morgan fingerprint density at radius 3 is 1.06 bits per heavy atom.